The van der Waals surface area contributed by atoms with E-state index in [9.17, 15) is 0 Å². The fourth-order valence-electron chi connectivity index (χ4n) is 3.45. The minimum Gasteiger partial charge on any atom is -0.336 e. The minimum absolute atomic E-state index is 0.148. The number of nitrogens with zero attached hydrogens (tertiary/aromatic N) is 1. The van der Waals surface area contributed by atoms with Crippen LogP contribution in [0.25, 0.3) is 0 Å². The summed E-state index contributed by atoms with van der Waals surface area (Å²) >= 11 is 0. The molecule has 1 heterocycles. The van der Waals surface area contributed by atoms with Gasteiger partial charge in [0, 0.05) is 16.9 Å². The zero-order valence-corrected chi connectivity index (χ0v) is 11.9. The Hall–Kier alpha value is -1.76. The molecule has 1 aliphatic heterocycles. The van der Waals surface area contributed by atoms with Crippen LogP contribution in [-0.2, 0) is 0 Å². The minimum atomic E-state index is 0.148. The average Bonchev–Trinajstić information content (AvgIpc) is 2.39. The highest BCUT2D eigenvalue weighted by Crippen LogP contribution is 2.46. The molecule has 0 aliphatic carbocycles. The van der Waals surface area contributed by atoms with Crippen LogP contribution in [-0.4, -0.2) is 5.54 Å². The van der Waals surface area contributed by atoms with Gasteiger partial charge in [0.05, 0.1) is 0 Å². The summed E-state index contributed by atoms with van der Waals surface area (Å²) in [6.45, 7) is 7.02. The quantitative estimate of drug-likeness (QED) is 0.680. The molecule has 0 spiro atoms. The largest absolute Gasteiger partial charge is 0.336 e. The van der Waals surface area contributed by atoms with Crippen molar-refractivity contribution < 1.29 is 0 Å². The molecule has 1 unspecified atom stereocenters. The van der Waals surface area contributed by atoms with Crippen LogP contribution in [0.15, 0.2) is 54.6 Å². The van der Waals surface area contributed by atoms with Gasteiger partial charge in [-0.15, -0.1) is 0 Å². The van der Waals surface area contributed by atoms with Gasteiger partial charge in [-0.05, 0) is 49.9 Å². The number of rotatable bonds is 1. The first-order chi connectivity index (χ1) is 9.09. The number of para-hydroxylation sites is 2. The van der Waals surface area contributed by atoms with Crippen LogP contribution in [0.5, 0.6) is 0 Å². The molecule has 2 aromatic carbocycles. The van der Waals surface area contributed by atoms with E-state index in [-0.39, 0.29) is 5.54 Å². The van der Waals surface area contributed by atoms with Gasteiger partial charge in [0.15, 0.2) is 0 Å². The third-order valence-electron chi connectivity index (χ3n) is 4.13. The van der Waals surface area contributed by atoms with Crippen molar-refractivity contribution in [2.45, 2.75) is 38.6 Å². The van der Waals surface area contributed by atoms with Crippen molar-refractivity contribution in [3.8, 4) is 0 Å². The van der Waals surface area contributed by atoms with Gasteiger partial charge < -0.3 is 4.90 Å². The molecule has 0 fully saturated rings. The van der Waals surface area contributed by atoms with Crippen LogP contribution in [0.2, 0.25) is 0 Å². The maximum Gasteiger partial charge on any atom is 0.0451 e. The number of fused-ring (bicyclic) bond motifs is 1. The number of anilines is 2. The first-order valence-corrected chi connectivity index (χ1v) is 7.04. The molecule has 1 atom stereocenters. The van der Waals surface area contributed by atoms with Crippen molar-refractivity contribution in [3.05, 3.63) is 60.2 Å². The van der Waals surface area contributed by atoms with Gasteiger partial charge in [0.1, 0.15) is 0 Å². The first kappa shape index (κ1) is 12.3. The molecular weight excluding hydrogens is 230 g/mol. The van der Waals surface area contributed by atoms with Crippen LogP contribution in [0.3, 0.4) is 0 Å². The fourth-order valence-corrected chi connectivity index (χ4v) is 3.45. The van der Waals surface area contributed by atoms with E-state index in [1.807, 2.05) is 0 Å². The van der Waals surface area contributed by atoms with E-state index in [0.717, 1.165) is 0 Å². The molecule has 3 rings (SSSR count). The van der Waals surface area contributed by atoms with Crippen molar-refractivity contribution in [1.82, 2.24) is 0 Å². The summed E-state index contributed by atoms with van der Waals surface area (Å²) in [5.41, 5.74) is 4.25. The molecule has 2 aromatic rings. The summed E-state index contributed by atoms with van der Waals surface area (Å²) < 4.78 is 0. The van der Waals surface area contributed by atoms with Gasteiger partial charge in [-0.3, -0.25) is 0 Å². The second-order valence-electron chi connectivity index (χ2n) is 6.15. The van der Waals surface area contributed by atoms with Crippen LogP contribution in [0.1, 0.15) is 38.7 Å². The summed E-state index contributed by atoms with van der Waals surface area (Å²) in [6, 6.07) is 19.5. The number of hydrogen-bond acceptors (Lipinski definition) is 1. The van der Waals surface area contributed by atoms with Gasteiger partial charge in [-0.25, -0.2) is 0 Å². The molecule has 0 radical (unpaired) electrons. The molecule has 1 aliphatic rings. The molecule has 0 aromatic heterocycles. The molecular formula is C18H21N. The zero-order chi connectivity index (χ0) is 13.5. The van der Waals surface area contributed by atoms with Gasteiger partial charge in [-0.2, -0.15) is 0 Å². The van der Waals surface area contributed by atoms with Gasteiger partial charge in [-0.1, -0.05) is 43.3 Å². The second-order valence-corrected chi connectivity index (χ2v) is 6.15. The molecule has 0 saturated heterocycles. The second kappa shape index (κ2) is 4.41. The highest BCUT2D eigenvalue weighted by atomic mass is 15.2. The van der Waals surface area contributed by atoms with E-state index in [0.29, 0.717) is 5.92 Å². The normalized spacial score (nSPS) is 21.0. The highest BCUT2D eigenvalue weighted by molar-refractivity contribution is 5.70. The lowest BCUT2D eigenvalue weighted by atomic mass is 9.80. The Morgan fingerprint density at radius 1 is 0.947 bits per heavy atom. The van der Waals surface area contributed by atoms with Crippen molar-refractivity contribution in [3.63, 3.8) is 0 Å². The summed E-state index contributed by atoms with van der Waals surface area (Å²) in [4.78, 5) is 2.49. The van der Waals surface area contributed by atoms with Crippen molar-refractivity contribution in [2.75, 3.05) is 4.90 Å². The van der Waals surface area contributed by atoms with Crippen molar-refractivity contribution in [1.29, 1.82) is 0 Å². The molecule has 0 amide bonds. The predicted molar refractivity (Wildman–Crippen MR) is 82.1 cm³/mol. The predicted octanol–water partition coefficient (Wildman–Crippen LogP) is 5.11. The van der Waals surface area contributed by atoms with Crippen LogP contribution in [0, 0.1) is 0 Å². The van der Waals surface area contributed by atoms with E-state index in [4.69, 9.17) is 0 Å². The monoisotopic (exact) mass is 251 g/mol. The summed E-state index contributed by atoms with van der Waals surface area (Å²) in [5.74, 6) is 0.617. The van der Waals surface area contributed by atoms with E-state index >= 15 is 0 Å². The van der Waals surface area contributed by atoms with Crippen LogP contribution < -0.4 is 4.90 Å². The van der Waals surface area contributed by atoms with E-state index in [1.165, 1.54) is 23.4 Å². The van der Waals surface area contributed by atoms with E-state index < -0.39 is 0 Å². The van der Waals surface area contributed by atoms with E-state index in [2.05, 4.69) is 80.3 Å². The van der Waals surface area contributed by atoms with Crippen LogP contribution >= 0.6 is 0 Å². The Morgan fingerprint density at radius 2 is 1.58 bits per heavy atom. The Morgan fingerprint density at radius 3 is 2.32 bits per heavy atom. The standard InChI is InChI=1S/C18H21N/c1-14-13-18(2,3)19(15-9-5-4-6-10-15)17-12-8-7-11-16(14)17/h4-12,14H,13H2,1-3H3. The zero-order valence-electron chi connectivity index (χ0n) is 11.9. The molecule has 19 heavy (non-hydrogen) atoms. The molecule has 1 nitrogen and oxygen atoms in total. The maximum atomic E-state index is 2.49. The highest BCUT2D eigenvalue weighted by Gasteiger charge is 2.36. The molecule has 98 valence electrons. The summed E-state index contributed by atoms with van der Waals surface area (Å²) in [7, 11) is 0. The SMILES string of the molecule is CC1CC(C)(C)N(c2ccccc2)c2ccccc21. The van der Waals surface area contributed by atoms with Crippen LogP contribution in [0.4, 0.5) is 11.4 Å². The topological polar surface area (TPSA) is 3.24 Å². The van der Waals surface area contributed by atoms with Gasteiger partial charge in [0.2, 0.25) is 0 Å². The fraction of sp³-hybridized carbons (Fsp3) is 0.333. The maximum absolute atomic E-state index is 2.49. The summed E-state index contributed by atoms with van der Waals surface area (Å²) in [6.07, 6.45) is 1.18. The Kier molecular flexibility index (Phi) is 2.85. The van der Waals surface area contributed by atoms with Crippen molar-refractivity contribution >= 4 is 11.4 Å². The average molecular weight is 251 g/mol. The first-order valence-electron chi connectivity index (χ1n) is 7.04. The summed E-state index contributed by atoms with van der Waals surface area (Å²) in [5, 5.41) is 0. The van der Waals surface area contributed by atoms with Crippen molar-refractivity contribution in [2.24, 2.45) is 0 Å². The van der Waals surface area contributed by atoms with Gasteiger partial charge >= 0.3 is 0 Å². The third-order valence-corrected chi connectivity index (χ3v) is 4.13. The Labute approximate surface area is 115 Å². The number of benzene rings is 2. The molecule has 1 heteroatoms. The third kappa shape index (κ3) is 2.03. The van der Waals surface area contributed by atoms with Gasteiger partial charge in [0.25, 0.3) is 0 Å². The van der Waals surface area contributed by atoms with E-state index in [1.54, 1.807) is 0 Å². The Bertz CT molecular complexity index is 571. The molecule has 0 saturated carbocycles. The lowest BCUT2D eigenvalue weighted by Crippen LogP contribution is -2.45. The smallest absolute Gasteiger partial charge is 0.0451 e. The molecule has 0 N–H and O–H groups in total. The number of hydrogen-bond donors (Lipinski definition) is 0. The lowest BCUT2D eigenvalue weighted by molar-refractivity contribution is 0.408. The lowest BCUT2D eigenvalue weighted by Gasteiger charge is -2.47. The molecule has 0 bridgehead atoms. The Balaban J connectivity index is 2.18.